The minimum atomic E-state index is -3.62. The summed E-state index contributed by atoms with van der Waals surface area (Å²) >= 11 is 0. The van der Waals surface area contributed by atoms with E-state index >= 15 is 0 Å². The Morgan fingerprint density at radius 2 is 1.67 bits per heavy atom. The van der Waals surface area contributed by atoms with E-state index in [9.17, 15) is 13.2 Å². The van der Waals surface area contributed by atoms with Gasteiger partial charge in [0.1, 0.15) is 17.2 Å². The van der Waals surface area contributed by atoms with Gasteiger partial charge in [0, 0.05) is 25.6 Å². The molecule has 8 nitrogen and oxygen atoms in total. The number of nitrogens with one attached hydrogen (secondary N) is 1. The van der Waals surface area contributed by atoms with E-state index in [1.165, 1.54) is 16.4 Å². The lowest BCUT2D eigenvalue weighted by Gasteiger charge is -2.26. The monoisotopic (exact) mass is 476 g/mol. The molecule has 1 fully saturated rings. The number of rotatable bonds is 10. The molecule has 0 unspecified atom stereocenters. The van der Waals surface area contributed by atoms with Crippen molar-refractivity contribution in [1.82, 2.24) is 4.31 Å². The van der Waals surface area contributed by atoms with E-state index in [0.717, 1.165) is 24.8 Å². The van der Waals surface area contributed by atoms with Gasteiger partial charge in [-0.25, -0.2) is 8.42 Å². The minimum Gasteiger partial charge on any atom is -0.497 e. The van der Waals surface area contributed by atoms with Crippen molar-refractivity contribution < 1.29 is 27.4 Å². The summed E-state index contributed by atoms with van der Waals surface area (Å²) in [6.07, 6.45) is 3.42. The maximum absolute atomic E-state index is 13.1. The van der Waals surface area contributed by atoms with Crippen LogP contribution in [0.1, 0.15) is 38.2 Å². The van der Waals surface area contributed by atoms with E-state index in [0.29, 0.717) is 49.1 Å². The quantitative estimate of drug-likeness (QED) is 0.560. The van der Waals surface area contributed by atoms with E-state index in [2.05, 4.69) is 5.32 Å². The van der Waals surface area contributed by atoms with Crippen molar-refractivity contribution in [2.75, 3.05) is 39.2 Å². The lowest BCUT2D eigenvalue weighted by Crippen LogP contribution is -2.35. The van der Waals surface area contributed by atoms with E-state index in [1.54, 1.807) is 26.4 Å². The molecule has 1 heterocycles. The lowest BCUT2D eigenvalue weighted by molar-refractivity contribution is -0.116. The highest BCUT2D eigenvalue weighted by molar-refractivity contribution is 7.89. The predicted molar refractivity (Wildman–Crippen MR) is 127 cm³/mol. The van der Waals surface area contributed by atoms with Crippen LogP contribution in [-0.2, 0) is 21.2 Å². The first-order valence-electron chi connectivity index (χ1n) is 11.2. The molecule has 0 spiro atoms. The van der Waals surface area contributed by atoms with Gasteiger partial charge in [-0.1, -0.05) is 6.42 Å². The van der Waals surface area contributed by atoms with E-state index in [4.69, 9.17) is 14.2 Å². The molecule has 0 saturated carbocycles. The second kappa shape index (κ2) is 11.4. The number of carbonyl (C=O) groups excluding carboxylic acids is 1. The zero-order valence-corrected chi connectivity index (χ0v) is 20.2. The summed E-state index contributed by atoms with van der Waals surface area (Å²) in [5, 5.41) is 2.83. The Balaban J connectivity index is 1.75. The zero-order valence-electron chi connectivity index (χ0n) is 19.4. The molecule has 0 bridgehead atoms. The first kappa shape index (κ1) is 24.9. The Morgan fingerprint density at radius 3 is 2.27 bits per heavy atom. The highest BCUT2D eigenvalue weighted by atomic mass is 32.2. The van der Waals surface area contributed by atoms with Crippen LogP contribution < -0.4 is 19.5 Å². The van der Waals surface area contributed by atoms with Gasteiger partial charge < -0.3 is 19.5 Å². The Kier molecular flexibility index (Phi) is 8.57. The van der Waals surface area contributed by atoms with Gasteiger partial charge in [-0.05, 0) is 62.1 Å². The van der Waals surface area contributed by atoms with Crippen LogP contribution in [0, 0.1) is 0 Å². The lowest BCUT2D eigenvalue weighted by atomic mass is 10.1. The topological polar surface area (TPSA) is 94.2 Å². The molecule has 0 aromatic heterocycles. The van der Waals surface area contributed by atoms with Crippen molar-refractivity contribution in [2.45, 2.75) is 43.9 Å². The molecule has 2 aromatic carbocycles. The maximum Gasteiger partial charge on any atom is 0.243 e. The van der Waals surface area contributed by atoms with Crippen LogP contribution >= 0.6 is 0 Å². The van der Waals surface area contributed by atoms with Crippen molar-refractivity contribution in [1.29, 1.82) is 0 Å². The normalized spacial score (nSPS) is 14.5. The minimum absolute atomic E-state index is 0.153. The van der Waals surface area contributed by atoms with Crippen molar-refractivity contribution in [3.05, 3.63) is 42.0 Å². The molecule has 33 heavy (non-hydrogen) atoms. The van der Waals surface area contributed by atoms with Gasteiger partial charge in [0.15, 0.2) is 0 Å². The number of sulfonamides is 1. The summed E-state index contributed by atoms with van der Waals surface area (Å²) in [7, 11) is -0.474. The Bertz CT molecular complexity index is 1040. The molecular formula is C24H32N2O6S. The van der Waals surface area contributed by atoms with Crippen LogP contribution in [0.15, 0.2) is 41.3 Å². The number of carbonyl (C=O) groups is 1. The molecule has 1 amide bonds. The third kappa shape index (κ3) is 6.39. The van der Waals surface area contributed by atoms with E-state index in [-0.39, 0.29) is 17.2 Å². The van der Waals surface area contributed by atoms with Crippen LogP contribution in [-0.4, -0.2) is 52.5 Å². The fourth-order valence-electron chi connectivity index (χ4n) is 3.78. The van der Waals surface area contributed by atoms with Crippen LogP contribution in [0.4, 0.5) is 5.69 Å². The average Bonchev–Trinajstić information content (AvgIpc) is 2.84. The van der Waals surface area contributed by atoms with Gasteiger partial charge in [0.2, 0.25) is 15.9 Å². The highest BCUT2D eigenvalue weighted by Gasteiger charge is 2.27. The van der Waals surface area contributed by atoms with Gasteiger partial charge in [-0.3, -0.25) is 4.79 Å². The van der Waals surface area contributed by atoms with Crippen LogP contribution in [0.5, 0.6) is 17.2 Å². The van der Waals surface area contributed by atoms with E-state index in [1.807, 2.05) is 19.1 Å². The number of anilines is 1. The van der Waals surface area contributed by atoms with Gasteiger partial charge in [-0.2, -0.15) is 4.31 Å². The number of hydrogen-bond donors (Lipinski definition) is 1. The average molecular weight is 477 g/mol. The molecule has 2 aromatic rings. The summed E-state index contributed by atoms with van der Waals surface area (Å²) in [6, 6.07) is 10.1. The number of benzene rings is 2. The standard InChI is InChI=1S/C24H32N2O6S/c1-4-32-23-10-9-21(33(28,29)26-12-6-5-7-13-26)17-22(23)25-24(27)11-8-18-14-19(30-2)16-20(15-18)31-3/h9-10,14-17H,4-8,11-13H2,1-3H3,(H,25,27). The van der Waals surface area contributed by atoms with Gasteiger partial charge >= 0.3 is 0 Å². The number of amides is 1. The number of nitrogens with zero attached hydrogens (tertiary/aromatic N) is 1. The number of methoxy groups -OCH3 is 2. The molecule has 1 aliphatic rings. The van der Waals surface area contributed by atoms with Gasteiger partial charge in [0.05, 0.1) is 31.4 Å². The van der Waals surface area contributed by atoms with Crippen LogP contribution in [0.3, 0.4) is 0 Å². The maximum atomic E-state index is 13.1. The van der Waals surface area contributed by atoms with Crippen molar-refractivity contribution >= 4 is 21.6 Å². The molecule has 1 aliphatic heterocycles. The Hall–Kier alpha value is -2.78. The smallest absolute Gasteiger partial charge is 0.243 e. The predicted octanol–water partition coefficient (Wildman–Crippen LogP) is 3.85. The number of piperidine rings is 1. The fraction of sp³-hybridized carbons (Fsp3) is 0.458. The van der Waals surface area contributed by atoms with Crippen molar-refractivity contribution in [3.8, 4) is 17.2 Å². The summed E-state index contributed by atoms with van der Waals surface area (Å²) < 4.78 is 43.8. The molecule has 1 saturated heterocycles. The number of hydrogen-bond acceptors (Lipinski definition) is 6. The summed E-state index contributed by atoms with van der Waals surface area (Å²) in [4.78, 5) is 12.9. The second-order valence-corrected chi connectivity index (χ2v) is 9.76. The first-order chi connectivity index (χ1) is 15.9. The zero-order chi connectivity index (χ0) is 23.8. The Morgan fingerprint density at radius 1 is 1.00 bits per heavy atom. The second-order valence-electron chi connectivity index (χ2n) is 7.82. The van der Waals surface area contributed by atoms with Crippen molar-refractivity contribution in [3.63, 3.8) is 0 Å². The fourth-order valence-corrected chi connectivity index (χ4v) is 5.33. The molecule has 0 radical (unpaired) electrons. The Labute approximate surface area is 195 Å². The molecule has 0 aliphatic carbocycles. The largest absolute Gasteiger partial charge is 0.497 e. The highest BCUT2D eigenvalue weighted by Crippen LogP contribution is 2.31. The van der Waals surface area contributed by atoms with Crippen molar-refractivity contribution in [2.24, 2.45) is 0 Å². The molecule has 9 heteroatoms. The third-order valence-electron chi connectivity index (χ3n) is 5.53. The van der Waals surface area contributed by atoms with Crippen LogP contribution in [0.2, 0.25) is 0 Å². The van der Waals surface area contributed by atoms with Crippen LogP contribution in [0.25, 0.3) is 0 Å². The molecular weight excluding hydrogens is 444 g/mol. The number of aryl methyl sites for hydroxylation is 1. The summed E-state index contributed by atoms with van der Waals surface area (Å²) in [5.41, 5.74) is 1.25. The van der Waals surface area contributed by atoms with Gasteiger partial charge in [-0.15, -0.1) is 0 Å². The third-order valence-corrected chi connectivity index (χ3v) is 7.42. The summed E-state index contributed by atoms with van der Waals surface area (Å²) in [5.74, 6) is 1.50. The summed E-state index contributed by atoms with van der Waals surface area (Å²) in [6.45, 7) is 3.26. The molecule has 3 rings (SSSR count). The first-order valence-corrected chi connectivity index (χ1v) is 12.6. The van der Waals surface area contributed by atoms with Gasteiger partial charge in [0.25, 0.3) is 0 Å². The SMILES string of the molecule is CCOc1ccc(S(=O)(=O)N2CCCCC2)cc1NC(=O)CCc1cc(OC)cc(OC)c1. The molecule has 180 valence electrons. The number of ether oxygens (including phenoxy) is 3. The molecule has 0 atom stereocenters. The van der Waals surface area contributed by atoms with E-state index < -0.39 is 10.0 Å². The molecule has 1 N–H and O–H groups in total.